The lowest BCUT2D eigenvalue weighted by molar-refractivity contribution is 0.0976. The standard InChI is InChI=1S/C25H25N3O2S/c1-25(2,3)19-14-12-18(13-15-19)22(29)26-20-10-7-11-21(16-20)27-24(31)28-23(30)17-8-5-4-6-9-17/h4-16H,1-3H3,(H,26,29)(H2,27,28,30,31). The summed E-state index contributed by atoms with van der Waals surface area (Å²) in [4.78, 5) is 24.8. The smallest absolute Gasteiger partial charge is 0.257 e. The van der Waals surface area contributed by atoms with Gasteiger partial charge in [0.05, 0.1) is 0 Å². The molecule has 0 bridgehead atoms. The van der Waals surface area contributed by atoms with Gasteiger partial charge < -0.3 is 10.6 Å². The summed E-state index contributed by atoms with van der Waals surface area (Å²) in [6.45, 7) is 6.40. The van der Waals surface area contributed by atoms with Crippen molar-refractivity contribution in [2.24, 2.45) is 0 Å². The molecule has 0 aliphatic carbocycles. The molecule has 0 heterocycles. The summed E-state index contributed by atoms with van der Waals surface area (Å²) in [5.74, 6) is -0.487. The molecule has 3 aromatic rings. The molecule has 0 saturated carbocycles. The molecular weight excluding hydrogens is 406 g/mol. The molecule has 3 N–H and O–H groups in total. The van der Waals surface area contributed by atoms with Crippen LogP contribution in [0.2, 0.25) is 0 Å². The van der Waals surface area contributed by atoms with Crippen molar-refractivity contribution in [2.75, 3.05) is 10.6 Å². The van der Waals surface area contributed by atoms with Gasteiger partial charge in [0.2, 0.25) is 0 Å². The van der Waals surface area contributed by atoms with Gasteiger partial charge in [-0.15, -0.1) is 0 Å². The molecule has 0 aliphatic heterocycles. The first kappa shape index (κ1) is 22.2. The third kappa shape index (κ3) is 6.23. The molecule has 5 nitrogen and oxygen atoms in total. The van der Waals surface area contributed by atoms with Crippen LogP contribution >= 0.6 is 12.2 Å². The average molecular weight is 432 g/mol. The largest absolute Gasteiger partial charge is 0.332 e. The quantitative estimate of drug-likeness (QED) is 0.486. The van der Waals surface area contributed by atoms with E-state index in [1.807, 2.05) is 30.3 Å². The minimum absolute atomic E-state index is 0.0311. The van der Waals surface area contributed by atoms with Crippen molar-refractivity contribution in [2.45, 2.75) is 26.2 Å². The first-order chi connectivity index (χ1) is 14.7. The molecule has 0 unspecified atom stereocenters. The van der Waals surface area contributed by atoms with Crippen LogP contribution in [-0.2, 0) is 5.41 Å². The Morgan fingerprint density at radius 1 is 0.710 bits per heavy atom. The highest BCUT2D eigenvalue weighted by Crippen LogP contribution is 2.23. The Bertz CT molecular complexity index is 1090. The molecule has 3 aromatic carbocycles. The predicted octanol–water partition coefficient (Wildman–Crippen LogP) is 5.36. The zero-order valence-electron chi connectivity index (χ0n) is 17.7. The summed E-state index contributed by atoms with van der Waals surface area (Å²) in [6, 6.07) is 23.6. The van der Waals surface area contributed by atoms with Crippen LogP contribution in [0.3, 0.4) is 0 Å². The molecule has 3 rings (SSSR count). The highest BCUT2D eigenvalue weighted by Gasteiger charge is 2.14. The van der Waals surface area contributed by atoms with Gasteiger partial charge in [0.1, 0.15) is 0 Å². The summed E-state index contributed by atoms with van der Waals surface area (Å²) < 4.78 is 0. The van der Waals surface area contributed by atoms with Gasteiger partial charge in [-0.3, -0.25) is 14.9 Å². The molecule has 0 aromatic heterocycles. The molecule has 158 valence electrons. The van der Waals surface area contributed by atoms with Crippen LogP contribution in [0.1, 0.15) is 47.1 Å². The Kier molecular flexibility index (Phi) is 6.82. The van der Waals surface area contributed by atoms with Crippen LogP contribution < -0.4 is 16.0 Å². The fourth-order valence-corrected chi connectivity index (χ4v) is 3.14. The number of hydrogen-bond acceptors (Lipinski definition) is 3. The van der Waals surface area contributed by atoms with Gasteiger partial charge in [-0.1, -0.05) is 57.2 Å². The van der Waals surface area contributed by atoms with Crippen molar-refractivity contribution in [3.05, 3.63) is 95.6 Å². The summed E-state index contributed by atoms with van der Waals surface area (Å²) in [7, 11) is 0. The number of carbonyl (C=O) groups excluding carboxylic acids is 2. The second-order valence-electron chi connectivity index (χ2n) is 8.14. The molecule has 0 radical (unpaired) electrons. The van der Waals surface area contributed by atoms with Crippen molar-refractivity contribution in [3.63, 3.8) is 0 Å². The summed E-state index contributed by atoms with van der Waals surface area (Å²) in [5, 5.41) is 8.67. The third-order valence-corrected chi connectivity index (χ3v) is 4.86. The number of benzene rings is 3. The van der Waals surface area contributed by atoms with Crippen molar-refractivity contribution in [1.29, 1.82) is 0 Å². The maximum absolute atomic E-state index is 12.6. The lowest BCUT2D eigenvalue weighted by atomic mass is 9.87. The van der Waals surface area contributed by atoms with Crippen LogP contribution in [-0.4, -0.2) is 16.9 Å². The third-order valence-electron chi connectivity index (χ3n) is 4.65. The zero-order chi connectivity index (χ0) is 22.4. The molecule has 6 heteroatoms. The summed E-state index contributed by atoms with van der Waals surface area (Å²) >= 11 is 5.23. The number of anilines is 2. The van der Waals surface area contributed by atoms with Gasteiger partial charge >= 0.3 is 0 Å². The van der Waals surface area contributed by atoms with Gasteiger partial charge in [-0.2, -0.15) is 0 Å². The lowest BCUT2D eigenvalue weighted by Crippen LogP contribution is -2.34. The summed E-state index contributed by atoms with van der Waals surface area (Å²) in [6.07, 6.45) is 0. The predicted molar refractivity (Wildman–Crippen MR) is 130 cm³/mol. The maximum Gasteiger partial charge on any atom is 0.257 e. The number of carbonyl (C=O) groups is 2. The Morgan fingerprint density at radius 3 is 1.90 bits per heavy atom. The van der Waals surface area contributed by atoms with Gasteiger partial charge in [-0.05, 0) is 65.7 Å². The van der Waals surface area contributed by atoms with Crippen molar-refractivity contribution >= 4 is 40.5 Å². The van der Waals surface area contributed by atoms with E-state index in [0.29, 0.717) is 22.5 Å². The van der Waals surface area contributed by atoms with E-state index >= 15 is 0 Å². The molecule has 0 atom stereocenters. The van der Waals surface area contributed by atoms with Gasteiger partial charge in [0.25, 0.3) is 11.8 Å². The van der Waals surface area contributed by atoms with E-state index in [-0.39, 0.29) is 22.3 Å². The van der Waals surface area contributed by atoms with E-state index in [9.17, 15) is 9.59 Å². The first-order valence-electron chi connectivity index (χ1n) is 9.92. The van der Waals surface area contributed by atoms with E-state index in [0.717, 1.165) is 0 Å². The molecule has 0 fully saturated rings. The number of rotatable bonds is 4. The maximum atomic E-state index is 12.6. The normalized spacial score (nSPS) is 10.8. The number of hydrogen-bond donors (Lipinski definition) is 3. The summed E-state index contributed by atoms with van der Waals surface area (Å²) in [5.41, 5.74) is 3.57. The first-order valence-corrected chi connectivity index (χ1v) is 10.3. The lowest BCUT2D eigenvalue weighted by Gasteiger charge is -2.19. The van der Waals surface area contributed by atoms with E-state index in [1.165, 1.54) is 5.56 Å². The van der Waals surface area contributed by atoms with E-state index < -0.39 is 0 Å². The Labute approximate surface area is 187 Å². The topological polar surface area (TPSA) is 70.2 Å². The average Bonchev–Trinajstić information content (AvgIpc) is 2.74. The highest BCUT2D eigenvalue weighted by molar-refractivity contribution is 7.80. The molecule has 31 heavy (non-hydrogen) atoms. The van der Waals surface area contributed by atoms with Gasteiger partial charge in [-0.25, -0.2) is 0 Å². The van der Waals surface area contributed by atoms with Gasteiger partial charge in [0.15, 0.2) is 5.11 Å². The van der Waals surface area contributed by atoms with Crippen LogP contribution in [0.25, 0.3) is 0 Å². The monoisotopic (exact) mass is 431 g/mol. The minimum Gasteiger partial charge on any atom is -0.332 e. The Hall–Kier alpha value is -3.51. The Morgan fingerprint density at radius 2 is 1.29 bits per heavy atom. The molecule has 2 amide bonds. The zero-order valence-corrected chi connectivity index (χ0v) is 18.5. The van der Waals surface area contributed by atoms with Crippen molar-refractivity contribution in [1.82, 2.24) is 5.32 Å². The van der Waals surface area contributed by atoms with Crippen LogP contribution in [0, 0.1) is 0 Å². The Balaban J connectivity index is 1.61. The second-order valence-corrected chi connectivity index (χ2v) is 8.54. The number of amides is 2. The van der Waals surface area contributed by atoms with Crippen LogP contribution in [0.4, 0.5) is 11.4 Å². The van der Waals surface area contributed by atoms with Crippen LogP contribution in [0.15, 0.2) is 78.9 Å². The minimum atomic E-state index is -0.290. The van der Waals surface area contributed by atoms with Crippen molar-refractivity contribution in [3.8, 4) is 0 Å². The molecule has 0 aliphatic rings. The SMILES string of the molecule is CC(C)(C)c1ccc(C(=O)Nc2cccc(NC(=S)NC(=O)c3ccccc3)c2)cc1. The highest BCUT2D eigenvalue weighted by atomic mass is 32.1. The van der Waals surface area contributed by atoms with Crippen molar-refractivity contribution < 1.29 is 9.59 Å². The fraction of sp³-hybridized carbons (Fsp3) is 0.160. The number of thiocarbonyl (C=S) groups is 1. The van der Waals surface area contributed by atoms with Gasteiger partial charge in [0, 0.05) is 22.5 Å². The molecule has 0 spiro atoms. The second kappa shape index (κ2) is 9.53. The molecule has 0 saturated heterocycles. The van der Waals surface area contributed by atoms with Crippen LogP contribution in [0.5, 0.6) is 0 Å². The molecular formula is C25H25N3O2S. The van der Waals surface area contributed by atoms with E-state index in [1.54, 1.807) is 48.5 Å². The van der Waals surface area contributed by atoms with E-state index in [2.05, 4.69) is 36.7 Å². The number of nitrogens with one attached hydrogen (secondary N) is 3. The fourth-order valence-electron chi connectivity index (χ4n) is 2.93. The van der Waals surface area contributed by atoms with E-state index in [4.69, 9.17) is 12.2 Å².